The average Bonchev–Trinajstić information content (AvgIpc) is 3.11. The maximum absolute atomic E-state index is 13.4. The zero-order valence-corrected chi connectivity index (χ0v) is 18.5. The fourth-order valence-electron chi connectivity index (χ4n) is 3.31. The van der Waals surface area contributed by atoms with Gasteiger partial charge in [-0.05, 0) is 48.7 Å². The molecule has 29 heavy (non-hydrogen) atoms. The van der Waals surface area contributed by atoms with Crippen molar-refractivity contribution in [3.8, 4) is 0 Å². The third-order valence-electron chi connectivity index (χ3n) is 5.28. The zero-order chi connectivity index (χ0) is 21.0. The molecule has 3 rings (SSSR count). The first-order chi connectivity index (χ1) is 13.8. The number of benzene rings is 2. The summed E-state index contributed by atoms with van der Waals surface area (Å²) in [6.45, 7) is 7.61. The van der Waals surface area contributed by atoms with E-state index in [1.54, 1.807) is 18.2 Å². The van der Waals surface area contributed by atoms with Crippen LogP contribution in [0.3, 0.4) is 0 Å². The van der Waals surface area contributed by atoms with Gasteiger partial charge in [-0.3, -0.25) is 4.79 Å². The normalized spacial score (nSPS) is 12.2. The molecule has 5 heteroatoms. The molecular formula is C24H26Cl2N2O. The Balaban J connectivity index is 1.89. The number of carbonyl (C=O) groups excluding carboxylic acids is 1. The van der Waals surface area contributed by atoms with Crippen LogP contribution in [0.2, 0.25) is 10.0 Å². The minimum Gasteiger partial charge on any atom is -0.345 e. The molecule has 3 nitrogen and oxygen atoms in total. The van der Waals surface area contributed by atoms with Gasteiger partial charge in [-0.1, -0.05) is 67.4 Å². The van der Waals surface area contributed by atoms with Crippen molar-refractivity contribution in [2.75, 3.05) is 0 Å². The van der Waals surface area contributed by atoms with Crippen LogP contribution in [0.1, 0.15) is 42.4 Å². The van der Waals surface area contributed by atoms with Crippen molar-refractivity contribution in [1.82, 2.24) is 9.47 Å². The molecule has 0 aliphatic heterocycles. The highest BCUT2D eigenvalue weighted by atomic mass is 35.5. The van der Waals surface area contributed by atoms with Crippen molar-refractivity contribution in [1.29, 1.82) is 0 Å². The van der Waals surface area contributed by atoms with Crippen LogP contribution in [-0.4, -0.2) is 21.4 Å². The molecule has 0 radical (unpaired) electrons. The molecule has 1 atom stereocenters. The van der Waals surface area contributed by atoms with Crippen molar-refractivity contribution in [3.05, 3.63) is 93.7 Å². The van der Waals surface area contributed by atoms with Gasteiger partial charge in [-0.2, -0.15) is 0 Å². The van der Waals surface area contributed by atoms with Gasteiger partial charge in [0, 0.05) is 40.1 Å². The van der Waals surface area contributed by atoms with Gasteiger partial charge in [0.05, 0.1) is 6.54 Å². The lowest BCUT2D eigenvalue weighted by molar-refractivity contribution is 0.0622. The van der Waals surface area contributed by atoms with Gasteiger partial charge in [0.15, 0.2) is 0 Å². The summed E-state index contributed by atoms with van der Waals surface area (Å²) in [5.74, 6) is 0.245. The van der Waals surface area contributed by atoms with Crippen LogP contribution in [0.4, 0.5) is 0 Å². The summed E-state index contributed by atoms with van der Waals surface area (Å²) in [6, 6.07) is 19.5. The van der Waals surface area contributed by atoms with Crippen LogP contribution in [-0.2, 0) is 13.1 Å². The molecule has 0 aliphatic rings. The minimum atomic E-state index is -0.0666. The summed E-state index contributed by atoms with van der Waals surface area (Å²) < 4.78 is 2.19. The van der Waals surface area contributed by atoms with Crippen molar-refractivity contribution < 1.29 is 4.79 Å². The zero-order valence-electron chi connectivity index (χ0n) is 17.0. The standard InChI is InChI=1S/C24H26Cl2N2O/c1-17(2)18(3)28(24(29)20-12-21(25)14-22(26)13-20)16-23-10-7-11-27(23)15-19-8-5-4-6-9-19/h4-14,17-18H,15-16H2,1-3H3/t18-/m1/s1. The molecule has 3 aromatic rings. The molecule has 0 N–H and O–H groups in total. The smallest absolute Gasteiger partial charge is 0.254 e. The van der Waals surface area contributed by atoms with Gasteiger partial charge in [0.25, 0.3) is 5.91 Å². The number of nitrogens with zero attached hydrogens (tertiary/aromatic N) is 2. The topological polar surface area (TPSA) is 25.2 Å². The van der Waals surface area contributed by atoms with E-state index in [1.165, 1.54) is 5.56 Å². The molecule has 1 aromatic heterocycles. The molecule has 0 bridgehead atoms. The minimum absolute atomic E-state index is 0.0559. The Hall–Kier alpha value is -2.23. The van der Waals surface area contributed by atoms with Crippen LogP contribution >= 0.6 is 23.2 Å². The van der Waals surface area contributed by atoms with E-state index in [2.05, 4.69) is 49.7 Å². The van der Waals surface area contributed by atoms with Crippen LogP contribution in [0.15, 0.2) is 66.9 Å². The van der Waals surface area contributed by atoms with E-state index in [-0.39, 0.29) is 11.9 Å². The number of hydrogen-bond donors (Lipinski definition) is 0. The summed E-state index contributed by atoms with van der Waals surface area (Å²) >= 11 is 12.3. The van der Waals surface area contributed by atoms with Crippen LogP contribution < -0.4 is 0 Å². The highest BCUT2D eigenvalue weighted by molar-refractivity contribution is 6.35. The second-order valence-electron chi connectivity index (χ2n) is 7.69. The molecule has 0 aliphatic carbocycles. The number of rotatable bonds is 7. The third kappa shape index (κ3) is 5.43. The summed E-state index contributed by atoms with van der Waals surface area (Å²) in [4.78, 5) is 15.3. The maximum atomic E-state index is 13.4. The van der Waals surface area contributed by atoms with E-state index in [0.29, 0.717) is 28.1 Å². The number of hydrogen-bond acceptors (Lipinski definition) is 1. The average molecular weight is 429 g/mol. The van der Waals surface area contributed by atoms with E-state index in [4.69, 9.17) is 23.2 Å². The fourth-order valence-corrected chi connectivity index (χ4v) is 3.83. The molecule has 152 valence electrons. The molecule has 0 unspecified atom stereocenters. The maximum Gasteiger partial charge on any atom is 0.254 e. The van der Waals surface area contributed by atoms with Gasteiger partial charge in [-0.25, -0.2) is 0 Å². The SMILES string of the molecule is CC(C)[C@@H](C)N(Cc1cccn1Cc1ccccc1)C(=O)c1cc(Cl)cc(Cl)c1. The first-order valence-corrected chi connectivity index (χ1v) is 10.6. The third-order valence-corrected chi connectivity index (χ3v) is 5.71. The van der Waals surface area contributed by atoms with Gasteiger partial charge in [0.2, 0.25) is 0 Å². The largest absolute Gasteiger partial charge is 0.345 e. The van der Waals surface area contributed by atoms with Crippen molar-refractivity contribution in [2.45, 2.75) is 39.9 Å². The molecule has 0 saturated heterocycles. The van der Waals surface area contributed by atoms with Crippen molar-refractivity contribution in [2.24, 2.45) is 5.92 Å². The quantitative estimate of drug-likeness (QED) is 0.419. The lowest BCUT2D eigenvalue weighted by Gasteiger charge is -2.32. The van der Waals surface area contributed by atoms with Gasteiger partial charge >= 0.3 is 0 Å². The summed E-state index contributed by atoms with van der Waals surface area (Å²) in [5, 5.41) is 0.927. The highest BCUT2D eigenvalue weighted by Gasteiger charge is 2.25. The Kier molecular flexibility index (Phi) is 7.05. The molecule has 0 saturated carbocycles. The summed E-state index contributed by atoms with van der Waals surface area (Å²) in [6.07, 6.45) is 2.06. The van der Waals surface area contributed by atoms with E-state index in [1.807, 2.05) is 29.2 Å². The monoisotopic (exact) mass is 428 g/mol. The molecule has 0 fully saturated rings. The van der Waals surface area contributed by atoms with E-state index < -0.39 is 0 Å². The second-order valence-corrected chi connectivity index (χ2v) is 8.56. The Morgan fingerprint density at radius 3 is 2.24 bits per heavy atom. The number of amides is 1. The van der Waals surface area contributed by atoms with E-state index >= 15 is 0 Å². The van der Waals surface area contributed by atoms with Crippen molar-refractivity contribution >= 4 is 29.1 Å². The van der Waals surface area contributed by atoms with Gasteiger partial charge in [-0.15, -0.1) is 0 Å². The molecule has 1 heterocycles. The Bertz CT molecular complexity index is 946. The second kappa shape index (κ2) is 9.51. The lowest BCUT2D eigenvalue weighted by Crippen LogP contribution is -2.41. The predicted octanol–water partition coefficient (Wildman–Crippen LogP) is 6.53. The molecule has 2 aromatic carbocycles. The number of halogens is 2. The molecule has 1 amide bonds. The Morgan fingerprint density at radius 2 is 1.62 bits per heavy atom. The van der Waals surface area contributed by atoms with E-state index in [9.17, 15) is 4.79 Å². The number of carbonyl (C=O) groups is 1. The van der Waals surface area contributed by atoms with Crippen LogP contribution in [0.25, 0.3) is 0 Å². The van der Waals surface area contributed by atoms with Gasteiger partial charge < -0.3 is 9.47 Å². The number of aromatic nitrogens is 1. The molecular weight excluding hydrogens is 403 g/mol. The molecule has 0 spiro atoms. The van der Waals surface area contributed by atoms with Gasteiger partial charge in [0.1, 0.15) is 0 Å². The fraction of sp³-hybridized carbons (Fsp3) is 0.292. The summed E-state index contributed by atoms with van der Waals surface area (Å²) in [5.41, 5.74) is 2.82. The predicted molar refractivity (Wildman–Crippen MR) is 121 cm³/mol. The Labute approximate surface area is 182 Å². The first-order valence-electron chi connectivity index (χ1n) is 9.80. The van der Waals surface area contributed by atoms with Crippen molar-refractivity contribution in [3.63, 3.8) is 0 Å². The van der Waals surface area contributed by atoms with Crippen LogP contribution in [0.5, 0.6) is 0 Å². The summed E-state index contributed by atoms with van der Waals surface area (Å²) in [7, 11) is 0. The Morgan fingerprint density at radius 1 is 0.966 bits per heavy atom. The lowest BCUT2D eigenvalue weighted by atomic mass is 10.0. The first kappa shape index (κ1) is 21.5. The van der Waals surface area contributed by atoms with Crippen LogP contribution in [0, 0.1) is 5.92 Å². The highest BCUT2D eigenvalue weighted by Crippen LogP contribution is 2.24. The van der Waals surface area contributed by atoms with E-state index in [0.717, 1.165) is 12.2 Å².